The van der Waals surface area contributed by atoms with Crippen molar-refractivity contribution in [2.24, 2.45) is 0 Å². The second-order valence-corrected chi connectivity index (χ2v) is 21.3. The Morgan fingerprint density at radius 3 is 1.65 bits per heavy atom. The molecule has 1 fully saturated rings. The third-order valence-corrected chi connectivity index (χ3v) is 23.6. The van der Waals surface area contributed by atoms with E-state index >= 15 is 0 Å². The number of aliphatic hydroxyl groups is 1. The molecule has 120 valence electrons. The molecule has 0 unspecified atom stereocenters. The van der Waals surface area contributed by atoms with Gasteiger partial charge in [-0.25, -0.2) is 0 Å². The minimum atomic E-state index is -2.15. The van der Waals surface area contributed by atoms with Crippen LogP contribution in [0.3, 0.4) is 0 Å². The van der Waals surface area contributed by atoms with E-state index in [0.717, 1.165) is 10.4 Å². The van der Waals surface area contributed by atoms with Crippen LogP contribution in [-0.4, -0.2) is 29.6 Å². The van der Waals surface area contributed by atoms with E-state index in [2.05, 4.69) is 20.8 Å². The van der Waals surface area contributed by atoms with Crippen molar-refractivity contribution in [1.29, 1.82) is 0 Å². The molecule has 1 nitrogen and oxygen atoms in total. The summed E-state index contributed by atoms with van der Waals surface area (Å²) in [5.41, 5.74) is 0. The first kappa shape index (κ1) is 18.8. The summed E-state index contributed by atoms with van der Waals surface area (Å²) in [5.74, 6) is 0. The summed E-state index contributed by atoms with van der Waals surface area (Å²) in [4.78, 5) is 0. The maximum absolute atomic E-state index is 10.7. The van der Waals surface area contributed by atoms with E-state index in [1.165, 1.54) is 57.8 Å². The summed E-state index contributed by atoms with van der Waals surface area (Å²) >= 11 is -2.15. The van der Waals surface area contributed by atoms with Crippen molar-refractivity contribution in [2.75, 3.05) is 0 Å². The minimum absolute atomic E-state index is 0.0742. The van der Waals surface area contributed by atoms with Gasteiger partial charge < -0.3 is 0 Å². The van der Waals surface area contributed by atoms with Gasteiger partial charge in [0.1, 0.15) is 0 Å². The molecule has 1 N–H and O–H groups in total. The third-order valence-electron chi connectivity index (χ3n) is 5.60. The average Bonchev–Trinajstić information content (AvgIpc) is 2.48. The molecule has 0 amide bonds. The first-order valence-electron chi connectivity index (χ1n) is 9.38. The molecule has 0 radical (unpaired) electrons. The van der Waals surface area contributed by atoms with Gasteiger partial charge in [-0.3, -0.25) is 0 Å². The van der Waals surface area contributed by atoms with Crippen molar-refractivity contribution in [3.05, 3.63) is 0 Å². The van der Waals surface area contributed by atoms with Gasteiger partial charge in [0.2, 0.25) is 0 Å². The quantitative estimate of drug-likeness (QED) is 0.445. The Bertz CT molecular complexity index is 220. The normalized spacial score (nSPS) is 24.0. The Kier molecular flexibility index (Phi) is 9.85. The van der Waals surface area contributed by atoms with Crippen LogP contribution in [0, 0.1) is 0 Å². The number of rotatable bonds is 10. The Labute approximate surface area is 131 Å². The van der Waals surface area contributed by atoms with Crippen LogP contribution in [-0.2, 0) is 0 Å². The first-order chi connectivity index (χ1) is 9.70. The molecule has 0 heterocycles. The number of aliphatic hydroxyl groups excluding tert-OH is 1. The van der Waals surface area contributed by atoms with Gasteiger partial charge in [0.05, 0.1) is 0 Å². The van der Waals surface area contributed by atoms with E-state index in [4.69, 9.17) is 0 Å². The molecule has 2 atom stereocenters. The van der Waals surface area contributed by atoms with Crippen molar-refractivity contribution < 1.29 is 5.11 Å². The SMILES string of the molecule is CCC[CH2][Sn]([CH2]CCC)([CH2]CCC)[C@@H]1CCCC[C@H]1O. The summed E-state index contributed by atoms with van der Waals surface area (Å²) in [6.45, 7) is 7.02. The third kappa shape index (κ3) is 5.51. The fraction of sp³-hybridized carbons (Fsp3) is 1.00. The first-order valence-corrected chi connectivity index (χ1v) is 17.1. The van der Waals surface area contributed by atoms with Crippen molar-refractivity contribution >= 4 is 18.4 Å². The summed E-state index contributed by atoms with van der Waals surface area (Å²) in [6, 6.07) is 0. The van der Waals surface area contributed by atoms with Crippen LogP contribution in [0.25, 0.3) is 0 Å². The summed E-state index contributed by atoms with van der Waals surface area (Å²) < 4.78 is 5.48. The van der Waals surface area contributed by atoms with Crippen LogP contribution in [0.5, 0.6) is 0 Å². The van der Waals surface area contributed by atoms with Crippen molar-refractivity contribution in [3.63, 3.8) is 0 Å². The number of unbranched alkanes of at least 4 members (excludes halogenated alkanes) is 3. The van der Waals surface area contributed by atoms with E-state index in [0.29, 0.717) is 0 Å². The fourth-order valence-corrected chi connectivity index (χ4v) is 23.9. The van der Waals surface area contributed by atoms with E-state index in [-0.39, 0.29) is 6.10 Å². The van der Waals surface area contributed by atoms with Gasteiger partial charge in [0, 0.05) is 0 Å². The molecular weight excluding hydrogens is 351 g/mol. The van der Waals surface area contributed by atoms with Gasteiger partial charge in [-0.1, -0.05) is 0 Å². The molecule has 0 aromatic heterocycles. The van der Waals surface area contributed by atoms with E-state index in [1.54, 1.807) is 13.3 Å². The molecule has 0 saturated heterocycles. The molecule has 1 aliphatic rings. The van der Waals surface area contributed by atoms with Crippen molar-refractivity contribution in [3.8, 4) is 0 Å². The Morgan fingerprint density at radius 2 is 1.25 bits per heavy atom. The predicted octanol–water partition coefficient (Wildman–Crippen LogP) is 6.14. The van der Waals surface area contributed by atoms with Crippen molar-refractivity contribution in [1.82, 2.24) is 0 Å². The molecule has 1 rings (SSSR count). The Morgan fingerprint density at radius 1 is 0.800 bits per heavy atom. The molecule has 0 spiro atoms. The molecule has 2 heteroatoms. The summed E-state index contributed by atoms with van der Waals surface area (Å²) in [6.07, 6.45) is 13.6. The van der Waals surface area contributed by atoms with Gasteiger partial charge >= 0.3 is 132 Å². The molecule has 0 aromatic rings. The zero-order valence-electron chi connectivity index (χ0n) is 14.3. The van der Waals surface area contributed by atoms with Crippen molar-refractivity contribution in [2.45, 2.75) is 108 Å². The fourth-order valence-electron chi connectivity index (χ4n) is 4.34. The second kappa shape index (κ2) is 10.5. The van der Waals surface area contributed by atoms with Gasteiger partial charge in [-0.05, 0) is 0 Å². The predicted molar refractivity (Wildman–Crippen MR) is 93.1 cm³/mol. The van der Waals surface area contributed by atoms with Crippen LogP contribution in [0.2, 0.25) is 17.2 Å². The Hall–Kier alpha value is 0.759. The van der Waals surface area contributed by atoms with E-state index in [1.807, 2.05) is 0 Å². The van der Waals surface area contributed by atoms with Crippen LogP contribution < -0.4 is 0 Å². The monoisotopic (exact) mass is 390 g/mol. The van der Waals surface area contributed by atoms with Gasteiger partial charge in [0.25, 0.3) is 0 Å². The zero-order valence-corrected chi connectivity index (χ0v) is 17.1. The number of hydrogen-bond donors (Lipinski definition) is 1. The molecule has 1 saturated carbocycles. The molecule has 0 aliphatic heterocycles. The average molecular weight is 389 g/mol. The van der Waals surface area contributed by atoms with Crippen LogP contribution in [0.4, 0.5) is 0 Å². The van der Waals surface area contributed by atoms with Gasteiger partial charge in [0.15, 0.2) is 0 Å². The van der Waals surface area contributed by atoms with Crippen LogP contribution in [0.15, 0.2) is 0 Å². The molecule has 1 aliphatic carbocycles. The van der Waals surface area contributed by atoms with Gasteiger partial charge in [-0.2, -0.15) is 0 Å². The van der Waals surface area contributed by atoms with E-state index in [9.17, 15) is 5.11 Å². The molecule has 0 aromatic carbocycles. The maximum atomic E-state index is 10.7. The molecule has 20 heavy (non-hydrogen) atoms. The van der Waals surface area contributed by atoms with Crippen LogP contribution >= 0.6 is 0 Å². The van der Waals surface area contributed by atoms with Crippen LogP contribution in [0.1, 0.15) is 85.0 Å². The second-order valence-electron chi connectivity index (χ2n) is 7.13. The number of hydrogen-bond acceptors (Lipinski definition) is 1. The molecule has 0 bridgehead atoms. The standard InChI is InChI=1S/C6H11O.3C4H9.Sn/c7-6-4-2-1-3-5-6;3*1-3-4-2;/h4,6-7H,1-3,5H2;3*1,3-4H2,2H3;/t6-;;;;/m0..../s1. The zero-order chi connectivity index (χ0) is 14.8. The summed E-state index contributed by atoms with van der Waals surface area (Å²) in [5, 5.41) is 10.7. The molecular formula is C18H38OSn. The summed E-state index contributed by atoms with van der Waals surface area (Å²) in [7, 11) is 0. The Balaban J connectivity index is 2.85. The topological polar surface area (TPSA) is 20.2 Å². The van der Waals surface area contributed by atoms with E-state index < -0.39 is 18.4 Å². The van der Waals surface area contributed by atoms with Gasteiger partial charge in [-0.15, -0.1) is 0 Å².